The molecule has 0 amide bonds. The van der Waals surface area contributed by atoms with Crippen molar-refractivity contribution in [2.45, 2.75) is 38.1 Å². The standard InChI is InChI=1S/C14H19FO3/c1-17-14(16)9-10-8-11(15)5-6-12(10)13-4-2-3-7-18-13/h5-6,8,13-14,16H,2-4,7,9H2,1H3/t13-,14?/m0/s1. The molecule has 1 unspecified atom stereocenters. The molecule has 0 saturated carbocycles. The second kappa shape index (κ2) is 6.27. The lowest BCUT2D eigenvalue weighted by atomic mass is 9.95. The van der Waals surface area contributed by atoms with Crippen LogP contribution in [0, 0.1) is 5.82 Å². The Morgan fingerprint density at radius 3 is 3.00 bits per heavy atom. The van der Waals surface area contributed by atoms with Gasteiger partial charge < -0.3 is 14.6 Å². The molecule has 1 saturated heterocycles. The second-order valence-electron chi connectivity index (χ2n) is 4.59. The Morgan fingerprint density at radius 2 is 2.33 bits per heavy atom. The Balaban J connectivity index is 2.21. The van der Waals surface area contributed by atoms with Gasteiger partial charge in [-0.3, -0.25) is 0 Å². The SMILES string of the molecule is COC(O)Cc1cc(F)ccc1[C@@H]1CCCCO1. The normalized spacial score (nSPS) is 21.8. The Kier molecular flexibility index (Phi) is 4.69. The van der Waals surface area contributed by atoms with Crippen LogP contribution in [0.4, 0.5) is 4.39 Å². The predicted molar refractivity (Wildman–Crippen MR) is 65.7 cm³/mol. The number of ether oxygens (including phenoxy) is 2. The maximum atomic E-state index is 13.3. The van der Waals surface area contributed by atoms with Crippen LogP contribution in [0.25, 0.3) is 0 Å². The number of hydrogen-bond donors (Lipinski definition) is 1. The van der Waals surface area contributed by atoms with Gasteiger partial charge in [-0.25, -0.2) is 4.39 Å². The molecule has 1 aromatic carbocycles. The van der Waals surface area contributed by atoms with E-state index in [0.717, 1.165) is 37.0 Å². The zero-order chi connectivity index (χ0) is 13.0. The van der Waals surface area contributed by atoms with Gasteiger partial charge in [-0.05, 0) is 42.5 Å². The molecular weight excluding hydrogens is 235 g/mol. The van der Waals surface area contributed by atoms with Gasteiger partial charge in [-0.15, -0.1) is 0 Å². The molecule has 3 nitrogen and oxygen atoms in total. The fraction of sp³-hybridized carbons (Fsp3) is 0.571. The van der Waals surface area contributed by atoms with Crippen LogP contribution in [0.3, 0.4) is 0 Å². The van der Waals surface area contributed by atoms with Crippen molar-refractivity contribution in [1.82, 2.24) is 0 Å². The van der Waals surface area contributed by atoms with E-state index >= 15 is 0 Å². The number of aliphatic hydroxyl groups excluding tert-OH is 1. The minimum absolute atomic E-state index is 0.0124. The highest BCUT2D eigenvalue weighted by Crippen LogP contribution is 2.31. The molecule has 0 bridgehead atoms. The van der Waals surface area contributed by atoms with Gasteiger partial charge in [0.1, 0.15) is 5.82 Å². The van der Waals surface area contributed by atoms with E-state index in [2.05, 4.69) is 0 Å². The first-order valence-electron chi connectivity index (χ1n) is 6.31. The van der Waals surface area contributed by atoms with Crippen molar-refractivity contribution in [1.29, 1.82) is 0 Å². The van der Waals surface area contributed by atoms with Crippen LogP contribution in [-0.4, -0.2) is 25.1 Å². The van der Waals surface area contributed by atoms with Gasteiger partial charge in [0, 0.05) is 20.1 Å². The van der Waals surface area contributed by atoms with Crippen LogP contribution in [0.1, 0.15) is 36.5 Å². The zero-order valence-electron chi connectivity index (χ0n) is 10.6. The minimum Gasteiger partial charge on any atom is -0.374 e. The predicted octanol–water partition coefficient (Wildman–Crippen LogP) is 2.57. The maximum absolute atomic E-state index is 13.3. The average Bonchev–Trinajstić information content (AvgIpc) is 2.40. The van der Waals surface area contributed by atoms with Crippen LogP contribution in [0.5, 0.6) is 0 Å². The summed E-state index contributed by atoms with van der Waals surface area (Å²) in [6.45, 7) is 0.744. The lowest BCUT2D eigenvalue weighted by Crippen LogP contribution is -2.18. The van der Waals surface area contributed by atoms with Crippen molar-refractivity contribution >= 4 is 0 Å². The highest BCUT2D eigenvalue weighted by Gasteiger charge is 2.20. The number of halogens is 1. The van der Waals surface area contributed by atoms with Crippen LogP contribution < -0.4 is 0 Å². The molecule has 1 aliphatic rings. The Morgan fingerprint density at radius 1 is 1.50 bits per heavy atom. The molecule has 100 valence electrons. The molecule has 0 aromatic heterocycles. The minimum atomic E-state index is -0.908. The molecule has 18 heavy (non-hydrogen) atoms. The number of aliphatic hydroxyl groups is 1. The molecule has 1 aliphatic heterocycles. The summed E-state index contributed by atoms with van der Waals surface area (Å²) < 4.78 is 23.8. The van der Waals surface area contributed by atoms with Crippen molar-refractivity contribution in [2.75, 3.05) is 13.7 Å². The molecular formula is C14H19FO3. The van der Waals surface area contributed by atoms with E-state index in [-0.39, 0.29) is 18.3 Å². The smallest absolute Gasteiger partial charge is 0.158 e. The topological polar surface area (TPSA) is 38.7 Å². The summed E-state index contributed by atoms with van der Waals surface area (Å²) in [5.41, 5.74) is 1.73. The molecule has 0 spiro atoms. The van der Waals surface area contributed by atoms with E-state index in [1.807, 2.05) is 0 Å². The molecule has 1 aromatic rings. The van der Waals surface area contributed by atoms with E-state index in [1.165, 1.54) is 19.2 Å². The summed E-state index contributed by atoms with van der Waals surface area (Å²) >= 11 is 0. The molecule has 1 fully saturated rings. The monoisotopic (exact) mass is 254 g/mol. The van der Waals surface area contributed by atoms with Crippen molar-refractivity contribution in [2.24, 2.45) is 0 Å². The maximum Gasteiger partial charge on any atom is 0.158 e. The third kappa shape index (κ3) is 3.28. The lowest BCUT2D eigenvalue weighted by Gasteiger charge is -2.25. The van der Waals surface area contributed by atoms with E-state index in [1.54, 1.807) is 6.07 Å². The quantitative estimate of drug-likeness (QED) is 0.839. The van der Waals surface area contributed by atoms with Crippen molar-refractivity contribution in [3.05, 3.63) is 35.1 Å². The third-order valence-corrected chi connectivity index (χ3v) is 3.30. The van der Waals surface area contributed by atoms with Gasteiger partial charge in [0.15, 0.2) is 6.29 Å². The number of rotatable bonds is 4. The van der Waals surface area contributed by atoms with Crippen molar-refractivity contribution < 1.29 is 19.0 Å². The molecule has 2 atom stereocenters. The molecule has 0 aliphatic carbocycles. The van der Waals surface area contributed by atoms with E-state index < -0.39 is 6.29 Å². The van der Waals surface area contributed by atoms with Gasteiger partial charge in [-0.1, -0.05) is 6.07 Å². The van der Waals surface area contributed by atoms with Gasteiger partial charge in [0.2, 0.25) is 0 Å². The molecule has 4 heteroatoms. The summed E-state index contributed by atoms with van der Waals surface area (Å²) in [6.07, 6.45) is 2.53. The summed E-state index contributed by atoms with van der Waals surface area (Å²) in [5, 5.41) is 9.54. The number of benzene rings is 1. The van der Waals surface area contributed by atoms with E-state index in [0.29, 0.717) is 0 Å². The average molecular weight is 254 g/mol. The van der Waals surface area contributed by atoms with Crippen LogP contribution in [0.2, 0.25) is 0 Å². The van der Waals surface area contributed by atoms with Crippen LogP contribution >= 0.6 is 0 Å². The van der Waals surface area contributed by atoms with E-state index in [9.17, 15) is 9.50 Å². The first-order chi connectivity index (χ1) is 8.70. The summed E-state index contributed by atoms with van der Waals surface area (Å²) in [6, 6.07) is 4.65. The second-order valence-corrected chi connectivity index (χ2v) is 4.59. The molecule has 1 heterocycles. The summed E-state index contributed by atoms with van der Waals surface area (Å²) in [5.74, 6) is -0.298. The molecule has 0 radical (unpaired) electrons. The number of hydrogen-bond acceptors (Lipinski definition) is 3. The zero-order valence-corrected chi connectivity index (χ0v) is 10.6. The molecule has 1 N–H and O–H groups in total. The van der Waals surface area contributed by atoms with Gasteiger partial charge in [-0.2, -0.15) is 0 Å². The first-order valence-corrected chi connectivity index (χ1v) is 6.31. The van der Waals surface area contributed by atoms with Gasteiger partial charge in [0.05, 0.1) is 6.10 Å². The Labute approximate surface area is 107 Å². The van der Waals surface area contributed by atoms with Gasteiger partial charge >= 0.3 is 0 Å². The summed E-state index contributed by atoms with van der Waals surface area (Å²) in [7, 11) is 1.43. The summed E-state index contributed by atoms with van der Waals surface area (Å²) in [4.78, 5) is 0. The van der Waals surface area contributed by atoms with Crippen LogP contribution in [0.15, 0.2) is 18.2 Å². The first kappa shape index (κ1) is 13.5. The van der Waals surface area contributed by atoms with Crippen molar-refractivity contribution in [3.63, 3.8) is 0 Å². The highest BCUT2D eigenvalue weighted by atomic mass is 19.1. The fourth-order valence-corrected chi connectivity index (χ4v) is 2.32. The lowest BCUT2D eigenvalue weighted by molar-refractivity contribution is -0.0726. The largest absolute Gasteiger partial charge is 0.374 e. The number of methoxy groups -OCH3 is 1. The third-order valence-electron chi connectivity index (χ3n) is 3.30. The Hall–Kier alpha value is -0.970. The highest BCUT2D eigenvalue weighted by molar-refractivity contribution is 5.30. The fourth-order valence-electron chi connectivity index (χ4n) is 2.32. The van der Waals surface area contributed by atoms with Gasteiger partial charge in [0.25, 0.3) is 0 Å². The van der Waals surface area contributed by atoms with E-state index in [4.69, 9.17) is 9.47 Å². The van der Waals surface area contributed by atoms with Crippen molar-refractivity contribution in [3.8, 4) is 0 Å². The van der Waals surface area contributed by atoms with Crippen LogP contribution in [-0.2, 0) is 15.9 Å². The molecule has 2 rings (SSSR count). The Bertz CT molecular complexity index is 389.